The van der Waals surface area contributed by atoms with Gasteiger partial charge in [0.1, 0.15) is 6.04 Å². The lowest BCUT2D eigenvalue weighted by Gasteiger charge is -2.28. The first-order valence-electron chi connectivity index (χ1n) is 10.5. The molecule has 1 aliphatic rings. The van der Waals surface area contributed by atoms with Crippen LogP contribution in [0, 0.1) is 13.8 Å². The lowest BCUT2D eigenvalue weighted by molar-refractivity contribution is -0.113. The standard InChI is InChI=1S/C23H27N5OS2/c1-5-6-12-31-23-26-22-24-16(4)18(21(29)25-17-9-7-14(2)8-10-17)19(28(22)27-23)20-15(3)11-13-30-20/h7-11,13,19H,5-6,12H2,1-4H3,(H,25,29)(H,24,26,27). The zero-order chi connectivity index (χ0) is 22.0. The number of anilines is 2. The Kier molecular flexibility index (Phi) is 6.48. The normalized spacial score (nSPS) is 15.5. The van der Waals surface area contributed by atoms with Gasteiger partial charge >= 0.3 is 0 Å². The van der Waals surface area contributed by atoms with Crippen LogP contribution in [0.15, 0.2) is 52.1 Å². The molecule has 0 fully saturated rings. The minimum atomic E-state index is -0.310. The number of fused-ring (bicyclic) bond motifs is 1. The molecule has 0 bridgehead atoms. The predicted octanol–water partition coefficient (Wildman–Crippen LogP) is 5.78. The van der Waals surface area contributed by atoms with E-state index in [1.807, 2.05) is 42.8 Å². The predicted molar refractivity (Wildman–Crippen MR) is 129 cm³/mol. The highest BCUT2D eigenvalue weighted by Gasteiger charge is 2.35. The number of rotatable bonds is 7. The van der Waals surface area contributed by atoms with Crippen LogP contribution in [0.1, 0.15) is 48.7 Å². The van der Waals surface area contributed by atoms with Crippen molar-refractivity contribution in [2.24, 2.45) is 0 Å². The lowest BCUT2D eigenvalue weighted by Crippen LogP contribution is -2.31. The number of hydrogen-bond donors (Lipinski definition) is 2. The monoisotopic (exact) mass is 453 g/mol. The zero-order valence-corrected chi connectivity index (χ0v) is 19.9. The van der Waals surface area contributed by atoms with E-state index in [-0.39, 0.29) is 11.9 Å². The van der Waals surface area contributed by atoms with Gasteiger partial charge in [0.25, 0.3) is 5.91 Å². The maximum Gasteiger partial charge on any atom is 0.255 e. The Morgan fingerprint density at radius 2 is 2.00 bits per heavy atom. The Morgan fingerprint density at radius 1 is 1.23 bits per heavy atom. The number of allylic oxidation sites excluding steroid dienone is 1. The summed E-state index contributed by atoms with van der Waals surface area (Å²) in [4.78, 5) is 19.2. The van der Waals surface area contributed by atoms with Crippen molar-refractivity contribution in [1.29, 1.82) is 0 Å². The third-order valence-corrected chi connectivity index (χ3v) is 7.26. The van der Waals surface area contributed by atoms with E-state index in [4.69, 9.17) is 10.1 Å². The summed E-state index contributed by atoms with van der Waals surface area (Å²) in [7, 11) is 0. The maximum absolute atomic E-state index is 13.4. The van der Waals surface area contributed by atoms with E-state index in [1.54, 1.807) is 23.1 Å². The molecule has 1 aliphatic heterocycles. The fraction of sp³-hybridized carbons (Fsp3) is 0.348. The van der Waals surface area contributed by atoms with Gasteiger partial charge in [-0.25, -0.2) is 4.68 Å². The molecule has 0 saturated heterocycles. The molecule has 4 rings (SSSR count). The second-order valence-corrected chi connectivity index (χ2v) is 9.73. The van der Waals surface area contributed by atoms with Gasteiger partial charge in [0, 0.05) is 22.0 Å². The van der Waals surface area contributed by atoms with E-state index in [0.717, 1.165) is 51.1 Å². The molecule has 1 aromatic carbocycles. The van der Waals surface area contributed by atoms with Crippen LogP contribution >= 0.6 is 23.1 Å². The SMILES string of the molecule is CCCCSc1nc2n(n1)C(c1sccc1C)C(C(=O)Nc1ccc(C)cc1)=C(C)N2. The fourth-order valence-electron chi connectivity index (χ4n) is 3.54. The molecule has 3 aromatic rings. The summed E-state index contributed by atoms with van der Waals surface area (Å²) < 4.78 is 1.87. The molecule has 1 unspecified atom stereocenters. The molecule has 2 N–H and O–H groups in total. The van der Waals surface area contributed by atoms with Crippen molar-refractivity contribution in [2.75, 3.05) is 16.4 Å². The smallest absolute Gasteiger partial charge is 0.255 e. The second-order valence-electron chi connectivity index (χ2n) is 7.72. The summed E-state index contributed by atoms with van der Waals surface area (Å²) in [6.07, 6.45) is 2.26. The van der Waals surface area contributed by atoms with Crippen molar-refractivity contribution in [3.8, 4) is 0 Å². The van der Waals surface area contributed by atoms with Crippen LogP contribution in [0.4, 0.5) is 11.6 Å². The molecule has 6 nitrogen and oxygen atoms in total. The third-order valence-electron chi connectivity index (χ3n) is 5.27. The first-order chi connectivity index (χ1) is 15.0. The molecule has 2 aromatic heterocycles. The molecular formula is C23H27N5OS2. The second kappa shape index (κ2) is 9.28. The summed E-state index contributed by atoms with van der Waals surface area (Å²) in [5, 5.41) is 14.0. The van der Waals surface area contributed by atoms with E-state index in [1.165, 1.54) is 0 Å². The number of carbonyl (C=O) groups is 1. The van der Waals surface area contributed by atoms with E-state index < -0.39 is 0 Å². The van der Waals surface area contributed by atoms with E-state index in [2.05, 4.69) is 35.9 Å². The van der Waals surface area contributed by atoms with Gasteiger partial charge in [-0.1, -0.05) is 42.8 Å². The van der Waals surface area contributed by atoms with Gasteiger partial charge in [0.2, 0.25) is 11.1 Å². The highest BCUT2D eigenvalue weighted by Crippen LogP contribution is 2.40. The Hall–Kier alpha value is -2.58. The van der Waals surface area contributed by atoms with Crippen molar-refractivity contribution in [2.45, 2.75) is 51.7 Å². The van der Waals surface area contributed by atoms with Gasteiger partial charge < -0.3 is 10.6 Å². The molecule has 0 spiro atoms. The molecule has 0 aliphatic carbocycles. The van der Waals surface area contributed by atoms with E-state index in [9.17, 15) is 4.79 Å². The van der Waals surface area contributed by atoms with Gasteiger partial charge in [0.05, 0.1) is 5.57 Å². The summed E-state index contributed by atoms with van der Waals surface area (Å²) in [5.74, 6) is 1.53. The number of aryl methyl sites for hydroxylation is 2. The largest absolute Gasteiger partial charge is 0.328 e. The number of amides is 1. The van der Waals surface area contributed by atoms with E-state index in [0.29, 0.717) is 11.5 Å². The molecule has 31 heavy (non-hydrogen) atoms. The van der Waals surface area contributed by atoms with Gasteiger partial charge in [0.15, 0.2) is 0 Å². The Labute approximate surface area is 191 Å². The van der Waals surface area contributed by atoms with Crippen LogP contribution in [0.5, 0.6) is 0 Å². The highest BCUT2D eigenvalue weighted by atomic mass is 32.2. The summed E-state index contributed by atoms with van der Waals surface area (Å²) >= 11 is 3.30. The highest BCUT2D eigenvalue weighted by molar-refractivity contribution is 7.99. The summed E-state index contributed by atoms with van der Waals surface area (Å²) in [6, 6.07) is 9.61. The summed E-state index contributed by atoms with van der Waals surface area (Å²) in [5.41, 5.74) is 4.53. The zero-order valence-electron chi connectivity index (χ0n) is 18.2. The van der Waals surface area contributed by atoms with Crippen LogP contribution in [0.3, 0.4) is 0 Å². The van der Waals surface area contributed by atoms with Crippen molar-refractivity contribution in [3.05, 3.63) is 63.0 Å². The number of nitrogens with zero attached hydrogens (tertiary/aromatic N) is 3. The average molecular weight is 454 g/mol. The molecule has 3 heterocycles. The molecule has 1 atom stereocenters. The van der Waals surface area contributed by atoms with Crippen molar-refractivity contribution >= 4 is 40.6 Å². The molecule has 8 heteroatoms. The van der Waals surface area contributed by atoms with Crippen LogP contribution < -0.4 is 10.6 Å². The molecule has 162 valence electrons. The minimum Gasteiger partial charge on any atom is -0.328 e. The molecular weight excluding hydrogens is 426 g/mol. The van der Waals surface area contributed by atoms with Crippen LogP contribution in [-0.4, -0.2) is 26.4 Å². The summed E-state index contributed by atoms with van der Waals surface area (Å²) in [6.45, 7) is 8.21. The number of nitrogens with one attached hydrogen (secondary N) is 2. The van der Waals surface area contributed by atoms with Crippen molar-refractivity contribution in [1.82, 2.24) is 14.8 Å². The number of hydrogen-bond acceptors (Lipinski definition) is 6. The van der Waals surface area contributed by atoms with Crippen molar-refractivity contribution in [3.63, 3.8) is 0 Å². The molecule has 0 radical (unpaired) electrons. The Morgan fingerprint density at radius 3 is 2.68 bits per heavy atom. The van der Waals surface area contributed by atoms with Gasteiger partial charge in [-0.2, -0.15) is 4.98 Å². The fourth-order valence-corrected chi connectivity index (χ4v) is 5.47. The van der Waals surface area contributed by atoms with Gasteiger partial charge in [-0.15, -0.1) is 16.4 Å². The Balaban J connectivity index is 1.70. The van der Waals surface area contributed by atoms with Gasteiger partial charge in [-0.05, 0) is 56.3 Å². The first-order valence-corrected chi connectivity index (χ1v) is 12.3. The number of thiophene rings is 1. The number of aromatic nitrogens is 3. The maximum atomic E-state index is 13.4. The Bertz CT molecular complexity index is 1110. The molecule has 1 amide bonds. The quantitative estimate of drug-likeness (QED) is 0.351. The molecule has 0 saturated carbocycles. The topological polar surface area (TPSA) is 71.8 Å². The van der Waals surface area contributed by atoms with Crippen molar-refractivity contribution < 1.29 is 4.79 Å². The number of carbonyl (C=O) groups excluding carboxylic acids is 1. The first kappa shape index (κ1) is 21.6. The van der Waals surface area contributed by atoms with Crippen LogP contribution in [0.2, 0.25) is 0 Å². The third kappa shape index (κ3) is 4.55. The average Bonchev–Trinajstić information content (AvgIpc) is 3.34. The minimum absolute atomic E-state index is 0.131. The number of unbranched alkanes of at least 4 members (excludes halogenated alkanes) is 1. The van der Waals surface area contributed by atoms with Crippen LogP contribution in [-0.2, 0) is 4.79 Å². The van der Waals surface area contributed by atoms with Gasteiger partial charge in [-0.3, -0.25) is 4.79 Å². The number of thioether (sulfide) groups is 1. The van der Waals surface area contributed by atoms with Crippen LogP contribution in [0.25, 0.3) is 0 Å². The number of benzene rings is 1. The lowest BCUT2D eigenvalue weighted by atomic mass is 9.98. The van der Waals surface area contributed by atoms with E-state index >= 15 is 0 Å².